The molecule has 4 aromatic rings. The summed E-state index contributed by atoms with van der Waals surface area (Å²) >= 11 is 5.08. The molecular formula is C16H11BrN4S. The minimum Gasteiger partial charge on any atom is -0.335 e. The van der Waals surface area contributed by atoms with Crippen LogP contribution in [0.3, 0.4) is 0 Å². The van der Waals surface area contributed by atoms with Crippen molar-refractivity contribution in [3.63, 3.8) is 0 Å². The molecule has 0 saturated heterocycles. The predicted molar refractivity (Wildman–Crippen MR) is 92.8 cm³/mol. The van der Waals surface area contributed by atoms with Gasteiger partial charge in [0.25, 0.3) is 0 Å². The lowest BCUT2D eigenvalue weighted by atomic mass is 10.2. The van der Waals surface area contributed by atoms with E-state index in [1.165, 1.54) is 0 Å². The van der Waals surface area contributed by atoms with E-state index in [4.69, 9.17) is 0 Å². The van der Waals surface area contributed by atoms with Crippen molar-refractivity contribution in [1.29, 1.82) is 0 Å². The number of aromatic nitrogens is 4. The van der Waals surface area contributed by atoms with E-state index >= 15 is 0 Å². The highest BCUT2D eigenvalue weighted by Gasteiger charge is 2.15. The molecule has 0 amide bonds. The maximum atomic E-state index is 4.46. The van der Waals surface area contributed by atoms with Crippen LogP contribution in [0.2, 0.25) is 0 Å². The van der Waals surface area contributed by atoms with E-state index in [0.717, 1.165) is 36.6 Å². The van der Waals surface area contributed by atoms with Crippen molar-refractivity contribution >= 4 is 38.3 Å². The van der Waals surface area contributed by atoms with Crippen LogP contribution in [0.25, 0.3) is 32.2 Å². The fourth-order valence-corrected chi connectivity index (χ4v) is 3.64. The van der Waals surface area contributed by atoms with Crippen molar-refractivity contribution in [2.75, 3.05) is 0 Å². The molecule has 6 heteroatoms. The molecule has 0 spiro atoms. The van der Waals surface area contributed by atoms with Gasteiger partial charge in [0.15, 0.2) is 0 Å². The Morgan fingerprint density at radius 3 is 2.68 bits per heavy atom. The summed E-state index contributed by atoms with van der Waals surface area (Å²) in [6.07, 6.45) is 3.86. The van der Waals surface area contributed by atoms with Gasteiger partial charge < -0.3 is 4.57 Å². The summed E-state index contributed by atoms with van der Waals surface area (Å²) < 4.78 is 2.97. The van der Waals surface area contributed by atoms with Crippen molar-refractivity contribution in [2.45, 2.75) is 0 Å². The number of pyridine rings is 1. The molecule has 0 unspecified atom stereocenters. The van der Waals surface area contributed by atoms with Gasteiger partial charge in [-0.25, -0.2) is 4.98 Å². The fourth-order valence-electron chi connectivity index (χ4n) is 2.44. The van der Waals surface area contributed by atoms with E-state index in [1.807, 2.05) is 48.1 Å². The van der Waals surface area contributed by atoms with Crippen LogP contribution in [0.1, 0.15) is 0 Å². The fraction of sp³-hybridized carbons (Fsp3) is 0.0625. The second kappa shape index (κ2) is 5.30. The molecule has 0 aliphatic carbocycles. The number of hydrogen-bond donors (Lipinski definition) is 0. The Kier molecular flexibility index (Phi) is 3.28. The standard InChI is InChI=1S/C16H11BrN4S/c1-21-9-13(12-7-11(17)8-18-14(12)21)16-20-19-15(22-16)10-5-3-2-4-6-10/h2-9H,1H3. The van der Waals surface area contributed by atoms with Gasteiger partial charge in [-0.15, -0.1) is 10.2 Å². The average Bonchev–Trinajstić information content (AvgIpc) is 3.13. The molecule has 0 saturated carbocycles. The van der Waals surface area contributed by atoms with Gasteiger partial charge in [0.1, 0.15) is 15.7 Å². The molecule has 0 aliphatic rings. The summed E-state index contributed by atoms with van der Waals surface area (Å²) in [5, 5.41) is 11.6. The lowest BCUT2D eigenvalue weighted by molar-refractivity contribution is 0.948. The van der Waals surface area contributed by atoms with E-state index in [0.29, 0.717) is 0 Å². The van der Waals surface area contributed by atoms with Gasteiger partial charge >= 0.3 is 0 Å². The molecule has 108 valence electrons. The Morgan fingerprint density at radius 1 is 1.09 bits per heavy atom. The maximum Gasteiger partial charge on any atom is 0.150 e. The van der Waals surface area contributed by atoms with Gasteiger partial charge in [-0.1, -0.05) is 41.7 Å². The molecule has 3 aromatic heterocycles. The highest BCUT2D eigenvalue weighted by atomic mass is 79.9. The molecule has 4 nitrogen and oxygen atoms in total. The number of fused-ring (bicyclic) bond motifs is 1. The molecule has 0 fully saturated rings. The molecule has 0 atom stereocenters. The van der Waals surface area contributed by atoms with E-state index in [1.54, 1.807) is 11.3 Å². The molecule has 22 heavy (non-hydrogen) atoms. The third-order valence-electron chi connectivity index (χ3n) is 3.46. The zero-order valence-electron chi connectivity index (χ0n) is 11.7. The second-order valence-electron chi connectivity index (χ2n) is 4.96. The van der Waals surface area contributed by atoms with Crippen molar-refractivity contribution in [2.24, 2.45) is 7.05 Å². The Labute approximate surface area is 139 Å². The summed E-state index contributed by atoms with van der Waals surface area (Å²) in [6.45, 7) is 0. The van der Waals surface area contributed by atoms with E-state index in [9.17, 15) is 0 Å². The molecule has 4 rings (SSSR count). The largest absolute Gasteiger partial charge is 0.335 e. The van der Waals surface area contributed by atoms with Gasteiger partial charge in [0, 0.05) is 40.4 Å². The minimum absolute atomic E-state index is 0.907. The summed E-state index contributed by atoms with van der Waals surface area (Å²) in [4.78, 5) is 4.46. The van der Waals surface area contributed by atoms with Crippen molar-refractivity contribution in [3.8, 4) is 21.1 Å². The molecular weight excluding hydrogens is 360 g/mol. The number of benzene rings is 1. The van der Waals surface area contributed by atoms with Gasteiger partial charge in [-0.2, -0.15) is 0 Å². The van der Waals surface area contributed by atoms with Gasteiger partial charge in [-0.3, -0.25) is 0 Å². The van der Waals surface area contributed by atoms with Crippen LogP contribution in [0.5, 0.6) is 0 Å². The highest BCUT2D eigenvalue weighted by Crippen LogP contribution is 2.35. The summed E-state index contributed by atoms with van der Waals surface area (Å²) in [5.74, 6) is 0. The van der Waals surface area contributed by atoms with Gasteiger partial charge in [0.05, 0.1) is 0 Å². The third-order valence-corrected chi connectivity index (χ3v) is 4.90. The number of halogens is 1. The van der Waals surface area contributed by atoms with Crippen LogP contribution in [0.15, 0.2) is 53.3 Å². The summed E-state index contributed by atoms with van der Waals surface area (Å²) in [5.41, 5.74) is 3.09. The van der Waals surface area contributed by atoms with E-state index < -0.39 is 0 Å². The smallest absolute Gasteiger partial charge is 0.150 e. The number of hydrogen-bond acceptors (Lipinski definition) is 4. The van der Waals surface area contributed by atoms with Crippen LogP contribution in [-0.2, 0) is 7.05 Å². The van der Waals surface area contributed by atoms with Crippen molar-refractivity contribution in [1.82, 2.24) is 19.7 Å². The molecule has 0 bridgehead atoms. The Balaban J connectivity index is 1.86. The van der Waals surface area contributed by atoms with Gasteiger partial charge in [-0.05, 0) is 22.0 Å². The highest BCUT2D eigenvalue weighted by molar-refractivity contribution is 9.10. The quantitative estimate of drug-likeness (QED) is 0.520. The van der Waals surface area contributed by atoms with E-state index in [-0.39, 0.29) is 0 Å². The molecule has 1 aromatic carbocycles. The Bertz CT molecular complexity index is 959. The Morgan fingerprint density at radius 2 is 1.86 bits per heavy atom. The zero-order valence-corrected chi connectivity index (χ0v) is 14.1. The van der Waals surface area contributed by atoms with Crippen LogP contribution >= 0.6 is 27.3 Å². The first kappa shape index (κ1) is 13.6. The first-order valence-corrected chi connectivity index (χ1v) is 8.33. The first-order chi connectivity index (χ1) is 10.7. The lowest BCUT2D eigenvalue weighted by Crippen LogP contribution is -1.86. The number of nitrogens with zero attached hydrogens (tertiary/aromatic N) is 4. The predicted octanol–water partition coefficient (Wildman–Crippen LogP) is 4.52. The minimum atomic E-state index is 0.907. The maximum absolute atomic E-state index is 4.46. The van der Waals surface area contributed by atoms with Crippen LogP contribution < -0.4 is 0 Å². The van der Waals surface area contributed by atoms with Crippen molar-refractivity contribution in [3.05, 3.63) is 53.3 Å². The van der Waals surface area contributed by atoms with Gasteiger partial charge in [0.2, 0.25) is 0 Å². The number of rotatable bonds is 2. The third kappa shape index (κ3) is 2.24. The van der Waals surface area contributed by atoms with Crippen LogP contribution in [0.4, 0.5) is 0 Å². The van der Waals surface area contributed by atoms with Crippen LogP contribution in [0, 0.1) is 0 Å². The summed E-state index contributed by atoms with van der Waals surface area (Å²) in [6, 6.07) is 12.2. The molecule has 0 aliphatic heterocycles. The molecule has 0 N–H and O–H groups in total. The summed E-state index contributed by atoms with van der Waals surface area (Å²) in [7, 11) is 1.99. The first-order valence-electron chi connectivity index (χ1n) is 6.72. The topological polar surface area (TPSA) is 43.6 Å². The van der Waals surface area contributed by atoms with Crippen molar-refractivity contribution < 1.29 is 0 Å². The second-order valence-corrected chi connectivity index (χ2v) is 6.85. The molecule has 0 radical (unpaired) electrons. The Hall–Kier alpha value is -2.05. The van der Waals surface area contributed by atoms with E-state index in [2.05, 4.69) is 43.4 Å². The lowest BCUT2D eigenvalue weighted by Gasteiger charge is -1.95. The zero-order chi connectivity index (χ0) is 15.1. The monoisotopic (exact) mass is 370 g/mol. The SMILES string of the molecule is Cn1cc(-c2nnc(-c3ccccc3)s2)c2cc(Br)cnc21. The van der Waals surface area contributed by atoms with Crippen LogP contribution in [-0.4, -0.2) is 19.7 Å². The normalized spacial score (nSPS) is 11.2. The average molecular weight is 371 g/mol. The number of aryl methyl sites for hydroxylation is 1. The molecule has 3 heterocycles.